The fourth-order valence-electron chi connectivity index (χ4n) is 3.79. The molecule has 1 aliphatic rings. The largest absolute Gasteiger partial charge is 0.326 e. The van der Waals surface area contributed by atoms with Crippen molar-refractivity contribution in [1.29, 1.82) is 0 Å². The molecule has 1 amide bonds. The van der Waals surface area contributed by atoms with E-state index >= 15 is 0 Å². The Morgan fingerprint density at radius 2 is 1.79 bits per heavy atom. The van der Waals surface area contributed by atoms with Gasteiger partial charge in [0.25, 0.3) is 10.0 Å². The van der Waals surface area contributed by atoms with Gasteiger partial charge in [0, 0.05) is 17.8 Å². The fourth-order valence-corrected chi connectivity index (χ4v) is 4.80. The highest BCUT2D eigenvalue weighted by molar-refractivity contribution is 7.92. The second-order valence-electron chi connectivity index (χ2n) is 7.69. The number of carbonyl (C=O) groups excluding carboxylic acids is 1. The van der Waals surface area contributed by atoms with E-state index in [1.165, 1.54) is 37.6 Å². The van der Waals surface area contributed by atoms with Crippen molar-refractivity contribution in [1.82, 2.24) is 4.98 Å². The Bertz CT molecular complexity index is 891. The van der Waals surface area contributed by atoms with Crippen molar-refractivity contribution in [2.24, 2.45) is 11.8 Å². The van der Waals surface area contributed by atoms with Gasteiger partial charge in [0.2, 0.25) is 5.91 Å². The molecular formula is C22H29N3O3S. The lowest BCUT2D eigenvalue weighted by Gasteiger charge is -2.27. The number of unbranched alkanes of at least 4 members (excludes halogenated alkanes) is 1. The van der Waals surface area contributed by atoms with Gasteiger partial charge in [-0.25, -0.2) is 13.4 Å². The van der Waals surface area contributed by atoms with Gasteiger partial charge in [-0.3, -0.25) is 9.52 Å². The molecular weight excluding hydrogens is 386 g/mol. The monoisotopic (exact) mass is 415 g/mol. The third-order valence-corrected chi connectivity index (χ3v) is 6.89. The van der Waals surface area contributed by atoms with Crippen LogP contribution in [-0.2, 0) is 14.8 Å². The van der Waals surface area contributed by atoms with E-state index < -0.39 is 10.0 Å². The van der Waals surface area contributed by atoms with Crippen LogP contribution in [0.3, 0.4) is 0 Å². The molecule has 156 valence electrons. The smallest absolute Gasteiger partial charge is 0.263 e. The van der Waals surface area contributed by atoms with E-state index in [1.54, 1.807) is 30.3 Å². The summed E-state index contributed by atoms with van der Waals surface area (Å²) in [6, 6.07) is 11.2. The predicted octanol–water partition coefficient (Wildman–Crippen LogP) is 4.82. The normalized spacial score (nSPS) is 19.5. The minimum absolute atomic E-state index is 0.0289. The Balaban J connectivity index is 1.54. The highest BCUT2D eigenvalue weighted by atomic mass is 32.2. The number of carbonyl (C=O) groups is 1. The Kier molecular flexibility index (Phi) is 7.25. The van der Waals surface area contributed by atoms with Gasteiger partial charge in [-0.2, -0.15) is 0 Å². The van der Waals surface area contributed by atoms with Gasteiger partial charge in [0.05, 0.1) is 4.90 Å². The van der Waals surface area contributed by atoms with Gasteiger partial charge in [0.1, 0.15) is 5.82 Å². The molecule has 2 aromatic rings. The molecule has 1 aliphatic carbocycles. The first-order chi connectivity index (χ1) is 14.0. The lowest BCUT2D eigenvalue weighted by Crippen LogP contribution is -2.27. The van der Waals surface area contributed by atoms with Crippen LogP contribution in [0.15, 0.2) is 53.6 Å². The quantitative estimate of drug-likeness (QED) is 0.647. The lowest BCUT2D eigenvalue weighted by atomic mass is 9.79. The van der Waals surface area contributed by atoms with Crippen LogP contribution in [0.5, 0.6) is 0 Å². The SMILES string of the molecule is CCCCC1CCC(C(=O)Nc2ccc(S(=O)(=O)Nc3ccccn3)cc2)CC1. The van der Waals surface area contributed by atoms with Crippen molar-refractivity contribution in [2.45, 2.75) is 56.8 Å². The van der Waals surface area contributed by atoms with E-state index in [9.17, 15) is 13.2 Å². The molecule has 7 heteroatoms. The van der Waals surface area contributed by atoms with E-state index in [-0.39, 0.29) is 22.5 Å². The van der Waals surface area contributed by atoms with E-state index in [4.69, 9.17) is 0 Å². The Morgan fingerprint density at radius 1 is 1.07 bits per heavy atom. The van der Waals surface area contributed by atoms with Crippen LogP contribution in [0.2, 0.25) is 0 Å². The number of nitrogens with zero attached hydrogens (tertiary/aromatic N) is 1. The van der Waals surface area contributed by atoms with E-state index in [1.807, 2.05) is 0 Å². The molecule has 1 fully saturated rings. The van der Waals surface area contributed by atoms with Crippen LogP contribution in [0, 0.1) is 11.8 Å². The predicted molar refractivity (Wildman–Crippen MR) is 115 cm³/mol. The van der Waals surface area contributed by atoms with Gasteiger partial charge in [0.15, 0.2) is 0 Å². The molecule has 0 saturated heterocycles. The van der Waals surface area contributed by atoms with Crippen molar-refractivity contribution < 1.29 is 13.2 Å². The molecule has 0 unspecified atom stereocenters. The van der Waals surface area contributed by atoms with Crippen LogP contribution in [0.4, 0.5) is 11.5 Å². The number of rotatable bonds is 8. The fraction of sp³-hybridized carbons (Fsp3) is 0.455. The third-order valence-electron chi connectivity index (χ3n) is 5.52. The lowest BCUT2D eigenvalue weighted by molar-refractivity contribution is -0.121. The zero-order valence-electron chi connectivity index (χ0n) is 16.8. The van der Waals surface area contributed by atoms with Crippen LogP contribution in [0.1, 0.15) is 51.9 Å². The standard InChI is InChI=1S/C22H29N3O3S/c1-2-3-6-17-8-10-18(11-9-17)22(26)24-19-12-14-20(15-13-19)29(27,28)25-21-7-4-5-16-23-21/h4-5,7,12-18H,2-3,6,8-11H2,1H3,(H,23,25)(H,24,26). The summed E-state index contributed by atoms with van der Waals surface area (Å²) in [4.78, 5) is 16.7. The molecule has 0 radical (unpaired) electrons. The van der Waals surface area contributed by atoms with Crippen LogP contribution < -0.4 is 10.0 Å². The Labute approximate surface area is 173 Å². The van der Waals surface area contributed by atoms with Crippen molar-refractivity contribution in [3.05, 3.63) is 48.7 Å². The van der Waals surface area contributed by atoms with Crippen LogP contribution in [-0.4, -0.2) is 19.3 Å². The van der Waals surface area contributed by atoms with Crippen molar-refractivity contribution >= 4 is 27.4 Å². The van der Waals surface area contributed by atoms with Gasteiger partial charge in [-0.05, 0) is 68.0 Å². The summed E-state index contributed by atoms with van der Waals surface area (Å²) >= 11 is 0. The summed E-state index contributed by atoms with van der Waals surface area (Å²) in [7, 11) is -3.72. The molecule has 29 heavy (non-hydrogen) atoms. The van der Waals surface area contributed by atoms with Crippen molar-refractivity contribution in [3.8, 4) is 0 Å². The Morgan fingerprint density at radius 3 is 2.41 bits per heavy atom. The topological polar surface area (TPSA) is 88.2 Å². The molecule has 0 aliphatic heterocycles. The molecule has 1 saturated carbocycles. The van der Waals surface area contributed by atoms with Crippen molar-refractivity contribution in [2.75, 3.05) is 10.0 Å². The molecule has 2 N–H and O–H groups in total. The molecule has 1 heterocycles. The van der Waals surface area contributed by atoms with E-state index in [2.05, 4.69) is 21.9 Å². The Hall–Kier alpha value is -2.41. The highest BCUT2D eigenvalue weighted by Gasteiger charge is 2.26. The third kappa shape index (κ3) is 6.03. The van der Waals surface area contributed by atoms with Crippen LogP contribution >= 0.6 is 0 Å². The first-order valence-electron chi connectivity index (χ1n) is 10.3. The summed E-state index contributed by atoms with van der Waals surface area (Å²) < 4.78 is 27.3. The minimum atomic E-state index is -3.72. The highest BCUT2D eigenvalue weighted by Crippen LogP contribution is 2.32. The number of pyridine rings is 1. The number of nitrogens with one attached hydrogen (secondary N) is 2. The minimum Gasteiger partial charge on any atom is -0.326 e. The first kappa shape index (κ1) is 21.3. The summed E-state index contributed by atoms with van der Waals surface area (Å²) in [5, 5.41) is 2.93. The molecule has 3 rings (SSSR count). The average Bonchev–Trinajstić information content (AvgIpc) is 2.73. The zero-order chi connectivity index (χ0) is 20.7. The van der Waals surface area contributed by atoms with Gasteiger partial charge in [-0.15, -0.1) is 0 Å². The summed E-state index contributed by atoms with van der Waals surface area (Å²) in [6.45, 7) is 2.21. The van der Waals surface area contributed by atoms with Gasteiger partial charge >= 0.3 is 0 Å². The second-order valence-corrected chi connectivity index (χ2v) is 9.38. The zero-order valence-corrected chi connectivity index (χ0v) is 17.6. The number of sulfonamides is 1. The number of aromatic nitrogens is 1. The van der Waals surface area contributed by atoms with Crippen molar-refractivity contribution in [3.63, 3.8) is 0 Å². The molecule has 6 nitrogen and oxygen atoms in total. The molecule has 0 atom stereocenters. The number of benzene rings is 1. The molecule has 0 bridgehead atoms. The molecule has 1 aromatic carbocycles. The number of hydrogen-bond acceptors (Lipinski definition) is 4. The second kappa shape index (κ2) is 9.87. The van der Waals surface area contributed by atoms with E-state index in [0.717, 1.165) is 31.6 Å². The van der Waals surface area contributed by atoms with E-state index in [0.29, 0.717) is 5.69 Å². The number of hydrogen-bond donors (Lipinski definition) is 2. The summed E-state index contributed by atoms with van der Waals surface area (Å²) in [6.07, 6.45) is 9.39. The molecule has 0 spiro atoms. The maximum absolute atomic E-state index is 12.6. The first-order valence-corrected chi connectivity index (χ1v) is 11.8. The maximum Gasteiger partial charge on any atom is 0.263 e. The van der Waals surface area contributed by atoms with Gasteiger partial charge < -0.3 is 5.32 Å². The number of anilines is 2. The maximum atomic E-state index is 12.6. The average molecular weight is 416 g/mol. The number of amides is 1. The summed E-state index contributed by atoms with van der Waals surface area (Å²) in [5.74, 6) is 1.10. The molecule has 1 aromatic heterocycles. The van der Waals surface area contributed by atoms with Crippen LogP contribution in [0.25, 0.3) is 0 Å². The van der Waals surface area contributed by atoms with Gasteiger partial charge in [-0.1, -0.05) is 32.3 Å². The summed E-state index contributed by atoms with van der Waals surface area (Å²) in [5.41, 5.74) is 0.611.